The summed E-state index contributed by atoms with van der Waals surface area (Å²) in [5, 5.41) is 0. The van der Waals surface area contributed by atoms with Gasteiger partial charge in [-0.25, -0.2) is 0 Å². The van der Waals surface area contributed by atoms with Crippen molar-refractivity contribution in [1.29, 1.82) is 0 Å². The second kappa shape index (κ2) is 7.64. The SMILES string of the molecule is C=C(/C(C)=C\C=C/C)/C(C)=C/C(=C)c1cccc(C)c1C. The van der Waals surface area contributed by atoms with Crippen LogP contribution in [0.2, 0.25) is 0 Å². The van der Waals surface area contributed by atoms with E-state index in [0.29, 0.717) is 0 Å². The molecule has 0 saturated heterocycles. The summed E-state index contributed by atoms with van der Waals surface area (Å²) in [4.78, 5) is 0. The first-order valence-electron chi connectivity index (χ1n) is 7.31. The Labute approximate surface area is 129 Å². The van der Waals surface area contributed by atoms with E-state index in [1.54, 1.807) is 0 Å². The Balaban J connectivity index is 3.04. The van der Waals surface area contributed by atoms with E-state index in [2.05, 4.69) is 71.2 Å². The van der Waals surface area contributed by atoms with Crippen molar-refractivity contribution in [3.63, 3.8) is 0 Å². The molecule has 1 aromatic carbocycles. The lowest BCUT2D eigenvalue weighted by molar-refractivity contribution is 1.31. The summed E-state index contributed by atoms with van der Waals surface area (Å²) in [5.41, 5.74) is 8.21. The third-order valence-electron chi connectivity index (χ3n) is 3.83. The highest BCUT2D eigenvalue weighted by Crippen LogP contribution is 2.25. The van der Waals surface area contributed by atoms with Crippen molar-refractivity contribution >= 4 is 5.57 Å². The average Bonchev–Trinajstić information content (AvgIpc) is 2.46. The zero-order chi connectivity index (χ0) is 16.0. The van der Waals surface area contributed by atoms with Gasteiger partial charge in [0, 0.05) is 0 Å². The molecule has 0 N–H and O–H groups in total. The number of benzene rings is 1. The molecule has 0 heteroatoms. The summed E-state index contributed by atoms with van der Waals surface area (Å²) in [6.45, 7) is 18.9. The molecule has 110 valence electrons. The highest BCUT2D eigenvalue weighted by molar-refractivity contribution is 5.76. The van der Waals surface area contributed by atoms with E-state index < -0.39 is 0 Å². The number of aryl methyl sites for hydroxylation is 1. The predicted octanol–water partition coefficient (Wildman–Crippen LogP) is 6.34. The first-order valence-corrected chi connectivity index (χ1v) is 7.31. The lowest BCUT2D eigenvalue weighted by atomic mass is 9.94. The number of hydrogen-bond acceptors (Lipinski definition) is 0. The van der Waals surface area contributed by atoms with Gasteiger partial charge in [0.1, 0.15) is 0 Å². The molecule has 0 aliphatic rings. The van der Waals surface area contributed by atoms with E-state index in [0.717, 1.165) is 16.7 Å². The summed E-state index contributed by atoms with van der Waals surface area (Å²) in [6, 6.07) is 6.34. The molecule has 0 spiro atoms. The Bertz CT molecular complexity index is 634. The van der Waals surface area contributed by atoms with Crippen LogP contribution < -0.4 is 0 Å². The van der Waals surface area contributed by atoms with E-state index in [-0.39, 0.29) is 0 Å². The largest absolute Gasteiger partial charge is 0.0912 e. The standard InChI is InChI=1S/C21H26/c1-8-9-11-15(2)19(6)17(4)14-18(5)21-13-10-12-16(3)20(21)7/h8-14H,5-6H2,1-4,7H3/b9-8-,15-11-,17-14+. The van der Waals surface area contributed by atoms with Crippen LogP contribution in [0.1, 0.15) is 37.5 Å². The first-order chi connectivity index (χ1) is 9.88. The summed E-state index contributed by atoms with van der Waals surface area (Å²) >= 11 is 0. The molecule has 0 aromatic heterocycles. The summed E-state index contributed by atoms with van der Waals surface area (Å²) in [5.74, 6) is 0. The number of hydrogen-bond donors (Lipinski definition) is 0. The van der Waals surface area contributed by atoms with Gasteiger partial charge in [0.2, 0.25) is 0 Å². The Morgan fingerprint density at radius 1 is 1.05 bits per heavy atom. The Morgan fingerprint density at radius 3 is 2.33 bits per heavy atom. The Morgan fingerprint density at radius 2 is 1.71 bits per heavy atom. The monoisotopic (exact) mass is 278 g/mol. The van der Waals surface area contributed by atoms with Crippen LogP contribution in [-0.2, 0) is 0 Å². The molecule has 1 aromatic rings. The van der Waals surface area contributed by atoms with Gasteiger partial charge in [-0.1, -0.05) is 55.7 Å². The molecule has 0 saturated carbocycles. The van der Waals surface area contributed by atoms with E-state index in [9.17, 15) is 0 Å². The minimum absolute atomic E-state index is 1.04. The second-order valence-electron chi connectivity index (χ2n) is 5.45. The number of rotatable bonds is 5. The maximum atomic E-state index is 4.22. The summed E-state index contributed by atoms with van der Waals surface area (Å²) < 4.78 is 0. The van der Waals surface area contributed by atoms with Gasteiger partial charge in [-0.15, -0.1) is 0 Å². The molecule has 0 amide bonds. The maximum Gasteiger partial charge on any atom is -0.0158 e. The van der Waals surface area contributed by atoms with Crippen molar-refractivity contribution in [1.82, 2.24) is 0 Å². The number of allylic oxidation sites excluding steroid dienone is 8. The van der Waals surface area contributed by atoms with Gasteiger partial charge in [0.05, 0.1) is 0 Å². The second-order valence-corrected chi connectivity index (χ2v) is 5.45. The fraction of sp³-hybridized carbons (Fsp3) is 0.238. The summed E-state index contributed by atoms with van der Waals surface area (Å²) in [6.07, 6.45) is 8.26. The van der Waals surface area contributed by atoms with Gasteiger partial charge < -0.3 is 0 Å². The zero-order valence-corrected chi connectivity index (χ0v) is 14.0. The van der Waals surface area contributed by atoms with Gasteiger partial charge in [0.15, 0.2) is 0 Å². The minimum Gasteiger partial charge on any atom is -0.0912 e. The van der Waals surface area contributed by atoms with Gasteiger partial charge in [-0.2, -0.15) is 0 Å². The molecule has 0 heterocycles. The molecule has 0 fully saturated rings. The van der Waals surface area contributed by atoms with Crippen LogP contribution in [-0.4, -0.2) is 0 Å². The highest BCUT2D eigenvalue weighted by Gasteiger charge is 2.05. The van der Waals surface area contributed by atoms with Crippen LogP contribution in [0.4, 0.5) is 0 Å². The van der Waals surface area contributed by atoms with Crippen molar-refractivity contribution in [2.24, 2.45) is 0 Å². The third kappa shape index (κ3) is 4.46. The quantitative estimate of drug-likeness (QED) is 0.551. The van der Waals surface area contributed by atoms with Gasteiger partial charge in [-0.3, -0.25) is 0 Å². The van der Waals surface area contributed by atoms with Gasteiger partial charge in [-0.05, 0) is 73.6 Å². The van der Waals surface area contributed by atoms with Crippen molar-refractivity contribution in [2.45, 2.75) is 34.6 Å². The van der Waals surface area contributed by atoms with Crippen molar-refractivity contribution in [2.75, 3.05) is 0 Å². The molecule has 0 unspecified atom stereocenters. The van der Waals surface area contributed by atoms with Crippen LogP contribution in [0.5, 0.6) is 0 Å². The topological polar surface area (TPSA) is 0 Å². The van der Waals surface area contributed by atoms with Crippen molar-refractivity contribution < 1.29 is 0 Å². The lowest BCUT2D eigenvalue weighted by Gasteiger charge is -2.11. The molecular weight excluding hydrogens is 252 g/mol. The molecule has 0 atom stereocenters. The maximum absolute atomic E-state index is 4.22. The van der Waals surface area contributed by atoms with E-state index in [1.165, 1.54) is 22.3 Å². The molecule has 21 heavy (non-hydrogen) atoms. The zero-order valence-electron chi connectivity index (χ0n) is 14.0. The smallest absolute Gasteiger partial charge is 0.0158 e. The molecule has 0 radical (unpaired) electrons. The van der Waals surface area contributed by atoms with Gasteiger partial charge in [0.25, 0.3) is 0 Å². The van der Waals surface area contributed by atoms with E-state index in [1.807, 2.05) is 19.1 Å². The predicted molar refractivity (Wildman–Crippen MR) is 96.4 cm³/mol. The van der Waals surface area contributed by atoms with E-state index in [4.69, 9.17) is 0 Å². The molecule has 0 nitrogen and oxygen atoms in total. The fourth-order valence-electron chi connectivity index (χ4n) is 2.18. The van der Waals surface area contributed by atoms with Gasteiger partial charge >= 0.3 is 0 Å². The molecule has 0 aliphatic carbocycles. The highest BCUT2D eigenvalue weighted by atomic mass is 14.1. The lowest BCUT2D eigenvalue weighted by Crippen LogP contribution is -1.91. The third-order valence-corrected chi connectivity index (χ3v) is 3.83. The van der Waals surface area contributed by atoms with Crippen LogP contribution in [0, 0.1) is 13.8 Å². The fourth-order valence-corrected chi connectivity index (χ4v) is 2.18. The molecular formula is C21H26. The Hall–Kier alpha value is -2.08. The Kier molecular flexibility index (Phi) is 6.17. The average molecular weight is 278 g/mol. The first kappa shape index (κ1) is 17.0. The minimum atomic E-state index is 1.04. The molecule has 0 aliphatic heterocycles. The van der Waals surface area contributed by atoms with E-state index >= 15 is 0 Å². The van der Waals surface area contributed by atoms with Crippen molar-refractivity contribution in [3.05, 3.63) is 89.1 Å². The van der Waals surface area contributed by atoms with Crippen LogP contribution >= 0.6 is 0 Å². The van der Waals surface area contributed by atoms with Crippen LogP contribution in [0.25, 0.3) is 5.57 Å². The molecule has 0 bridgehead atoms. The normalized spacial score (nSPS) is 12.8. The van der Waals surface area contributed by atoms with Crippen LogP contribution in [0.15, 0.2) is 72.4 Å². The molecule has 1 rings (SSSR count). The van der Waals surface area contributed by atoms with Crippen molar-refractivity contribution in [3.8, 4) is 0 Å². The summed E-state index contributed by atoms with van der Waals surface area (Å²) in [7, 11) is 0. The van der Waals surface area contributed by atoms with Crippen LogP contribution in [0.3, 0.4) is 0 Å².